The molecule has 0 aliphatic heterocycles. The lowest BCUT2D eigenvalue weighted by molar-refractivity contribution is 0.682. The molecule has 0 saturated heterocycles. The van der Waals surface area contributed by atoms with Crippen molar-refractivity contribution in [1.29, 1.82) is 0 Å². The van der Waals surface area contributed by atoms with Crippen LogP contribution in [-0.2, 0) is 13.5 Å². The van der Waals surface area contributed by atoms with Gasteiger partial charge in [0.1, 0.15) is 5.03 Å². The number of aromatic nitrogens is 2. The van der Waals surface area contributed by atoms with Crippen LogP contribution in [0.25, 0.3) is 0 Å². The van der Waals surface area contributed by atoms with Crippen LogP contribution in [0.3, 0.4) is 0 Å². The number of nitrogens with zero attached hydrogens (tertiary/aromatic N) is 2. The first kappa shape index (κ1) is 9.45. The van der Waals surface area contributed by atoms with Gasteiger partial charge in [-0.05, 0) is 12.7 Å². The lowest BCUT2D eigenvalue weighted by Gasteiger charge is -1.96. The summed E-state index contributed by atoms with van der Waals surface area (Å²) in [6.45, 7) is 2.13. The van der Waals surface area contributed by atoms with Crippen LogP contribution < -0.4 is 5.73 Å². The van der Waals surface area contributed by atoms with Crippen LogP contribution in [0.15, 0.2) is 5.03 Å². The van der Waals surface area contributed by atoms with Gasteiger partial charge < -0.3 is 5.73 Å². The monoisotopic (exact) mass is 185 g/mol. The molecular weight excluding hydrogens is 170 g/mol. The molecule has 0 atom stereocenters. The van der Waals surface area contributed by atoms with E-state index in [0.29, 0.717) is 0 Å². The molecule has 0 bridgehead atoms. The molecule has 0 aromatic carbocycles. The van der Waals surface area contributed by atoms with E-state index in [-0.39, 0.29) is 0 Å². The van der Waals surface area contributed by atoms with Gasteiger partial charge in [0.15, 0.2) is 0 Å². The second-order valence-electron chi connectivity index (χ2n) is 2.74. The number of hydrogen-bond donors (Lipinski definition) is 1. The maximum Gasteiger partial charge on any atom is 0.117 e. The number of rotatable bonds is 3. The van der Waals surface area contributed by atoms with Crippen molar-refractivity contribution in [1.82, 2.24) is 9.78 Å². The highest BCUT2D eigenvalue weighted by Gasteiger charge is 2.10. The molecule has 2 N–H and O–H groups in total. The Morgan fingerprint density at radius 2 is 2.25 bits per heavy atom. The maximum absolute atomic E-state index is 5.90. The van der Waals surface area contributed by atoms with Crippen molar-refractivity contribution in [3.05, 3.63) is 5.69 Å². The average Bonchev–Trinajstić information content (AvgIpc) is 2.29. The molecule has 1 rings (SSSR count). The van der Waals surface area contributed by atoms with Crippen molar-refractivity contribution < 1.29 is 0 Å². The molecule has 1 aromatic rings. The molecule has 0 aliphatic carbocycles. The summed E-state index contributed by atoms with van der Waals surface area (Å²) in [6, 6.07) is 0. The Morgan fingerprint density at radius 1 is 1.58 bits per heavy atom. The number of aryl methyl sites for hydroxylation is 2. The van der Waals surface area contributed by atoms with Crippen molar-refractivity contribution >= 4 is 17.4 Å². The van der Waals surface area contributed by atoms with Gasteiger partial charge in [-0.2, -0.15) is 5.10 Å². The van der Waals surface area contributed by atoms with Gasteiger partial charge in [0.05, 0.1) is 11.4 Å². The highest BCUT2D eigenvalue weighted by atomic mass is 32.2. The zero-order chi connectivity index (χ0) is 9.14. The molecule has 3 nitrogen and oxygen atoms in total. The van der Waals surface area contributed by atoms with Gasteiger partial charge in [0.25, 0.3) is 0 Å². The summed E-state index contributed by atoms with van der Waals surface area (Å²) in [4.78, 5) is 0. The topological polar surface area (TPSA) is 43.8 Å². The minimum absolute atomic E-state index is 0.854. The Kier molecular flexibility index (Phi) is 3.03. The molecule has 0 amide bonds. The largest absolute Gasteiger partial charge is 0.395 e. The Balaban J connectivity index is 3.00. The van der Waals surface area contributed by atoms with E-state index in [9.17, 15) is 0 Å². The first-order valence-electron chi connectivity index (χ1n) is 4.06. The number of nitrogen functional groups attached to an aromatic ring is 1. The highest BCUT2D eigenvalue weighted by Crippen LogP contribution is 2.25. The van der Waals surface area contributed by atoms with Crippen molar-refractivity contribution in [2.75, 3.05) is 12.0 Å². The third kappa shape index (κ3) is 1.58. The van der Waals surface area contributed by atoms with Gasteiger partial charge >= 0.3 is 0 Å². The Morgan fingerprint density at radius 3 is 2.67 bits per heavy atom. The predicted octanol–water partition coefficient (Wildman–Crippen LogP) is 1.68. The van der Waals surface area contributed by atoms with Crippen molar-refractivity contribution in [3.8, 4) is 0 Å². The van der Waals surface area contributed by atoms with E-state index in [2.05, 4.69) is 12.0 Å². The fourth-order valence-corrected chi connectivity index (χ4v) is 1.88. The summed E-state index contributed by atoms with van der Waals surface area (Å²) >= 11 is 1.64. The second-order valence-corrected chi connectivity index (χ2v) is 3.54. The minimum atomic E-state index is 0.854. The van der Waals surface area contributed by atoms with Crippen LogP contribution in [0.2, 0.25) is 0 Å². The Hall–Kier alpha value is -0.640. The first-order valence-corrected chi connectivity index (χ1v) is 5.28. The molecule has 0 fully saturated rings. The molecule has 12 heavy (non-hydrogen) atoms. The maximum atomic E-state index is 5.90. The Bertz CT molecular complexity index is 268. The number of nitrogens with two attached hydrogens (primary N) is 1. The molecule has 1 aromatic heterocycles. The van der Waals surface area contributed by atoms with Gasteiger partial charge in [0, 0.05) is 7.05 Å². The van der Waals surface area contributed by atoms with Crippen LogP contribution in [0, 0.1) is 0 Å². The molecular formula is C8H15N3S. The van der Waals surface area contributed by atoms with E-state index >= 15 is 0 Å². The third-order valence-electron chi connectivity index (χ3n) is 1.79. The van der Waals surface area contributed by atoms with Crippen molar-refractivity contribution in [2.45, 2.75) is 24.8 Å². The van der Waals surface area contributed by atoms with Crippen LogP contribution >= 0.6 is 11.8 Å². The fraction of sp³-hybridized carbons (Fsp3) is 0.625. The van der Waals surface area contributed by atoms with E-state index in [0.717, 1.165) is 29.2 Å². The smallest absolute Gasteiger partial charge is 0.117 e. The lowest BCUT2D eigenvalue weighted by Crippen LogP contribution is -1.92. The third-order valence-corrected chi connectivity index (χ3v) is 2.66. The predicted molar refractivity (Wildman–Crippen MR) is 53.4 cm³/mol. The van der Waals surface area contributed by atoms with Gasteiger partial charge in [-0.15, -0.1) is 11.8 Å². The fourth-order valence-electron chi connectivity index (χ4n) is 1.24. The zero-order valence-corrected chi connectivity index (χ0v) is 8.61. The molecule has 0 unspecified atom stereocenters. The summed E-state index contributed by atoms with van der Waals surface area (Å²) in [5.74, 6) is 0. The van der Waals surface area contributed by atoms with Gasteiger partial charge in [-0.1, -0.05) is 13.3 Å². The van der Waals surface area contributed by atoms with Gasteiger partial charge in [0.2, 0.25) is 0 Å². The van der Waals surface area contributed by atoms with E-state index in [1.165, 1.54) is 0 Å². The Labute approximate surface area is 77.3 Å². The molecule has 4 heteroatoms. The molecule has 0 spiro atoms. The summed E-state index contributed by atoms with van der Waals surface area (Å²) in [7, 11) is 1.93. The van der Waals surface area contributed by atoms with E-state index in [1.807, 2.05) is 18.0 Å². The molecule has 0 radical (unpaired) electrons. The second kappa shape index (κ2) is 3.85. The van der Waals surface area contributed by atoms with Crippen LogP contribution in [0.1, 0.15) is 19.0 Å². The lowest BCUT2D eigenvalue weighted by atomic mass is 10.2. The molecule has 0 saturated carbocycles. The first-order chi connectivity index (χ1) is 5.70. The number of hydrogen-bond acceptors (Lipinski definition) is 3. The summed E-state index contributed by atoms with van der Waals surface area (Å²) in [5.41, 5.74) is 7.78. The minimum Gasteiger partial charge on any atom is -0.395 e. The molecule has 1 heterocycles. The average molecular weight is 185 g/mol. The van der Waals surface area contributed by atoms with Gasteiger partial charge in [-0.25, -0.2) is 0 Å². The summed E-state index contributed by atoms with van der Waals surface area (Å²) < 4.78 is 1.85. The van der Waals surface area contributed by atoms with Crippen LogP contribution in [0.5, 0.6) is 0 Å². The SMILES string of the molecule is CCCc1nn(C)c(SC)c1N. The zero-order valence-electron chi connectivity index (χ0n) is 7.79. The molecule has 0 aliphatic rings. The van der Waals surface area contributed by atoms with E-state index in [1.54, 1.807) is 11.8 Å². The summed E-state index contributed by atoms with van der Waals surface area (Å²) in [5, 5.41) is 5.41. The van der Waals surface area contributed by atoms with E-state index < -0.39 is 0 Å². The van der Waals surface area contributed by atoms with Crippen molar-refractivity contribution in [3.63, 3.8) is 0 Å². The van der Waals surface area contributed by atoms with Gasteiger partial charge in [-0.3, -0.25) is 4.68 Å². The normalized spacial score (nSPS) is 10.6. The van der Waals surface area contributed by atoms with Crippen LogP contribution in [0.4, 0.5) is 5.69 Å². The standard InChI is InChI=1S/C8H15N3S/c1-4-5-6-7(9)8(12-3)11(2)10-6/h4-5,9H2,1-3H3. The van der Waals surface area contributed by atoms with E-state index in [4.69, 9.17) is 5.73 Å². The number of anilines is 1. The van der Waals surface area contributed by atoms with Crippen LogP contribution in [-0.4, -0.2) is 16.0 Å². The molecule has 68 valence electrons. The quantitative estimate of drug-likeness (QED) is 0.729. The number of thioether (sulfide) groups is 1. The van der Waals surface area contributed by atoms with Crippen molar-refractivity contribution in [2.24, 2.45) is 7.05 Å². The summed E-state index contributed by atoms with van der Waals surface area (Å²) in [6.07, 6.45) is 4.08. The highest BCUT2D eigenvalue weighted by molar-refractivity contribution is 7.98.